The molecule has 0 heterocycles. The summed E-state index contributed by atoms with van der Waals surface area (Å²) >= 11 is 0. The van der Waals surface area contributed by atoms with E-state index in [2.05, 4.69) is 11.8 Å². The quantitative estimate of drug-likeness (QED) is 0.607. The minimum absolute atomic E-state index is 0.263. The van der Waals surface area contributed by atoms with Crippen molar-refractivity contribution in [3.05, 3.63) is 28.8 Å². The highest BCUT2D eigenvalue weighted by molar-refractivity contribution is 5.92. The Labute approximate surface area is 102 Å². The zero-order chi connectivity index (χ0) is 13.0. The first kappa shape index (κ1) is 13.1. The van der Waals surface area contributed by atoms with E-state index in [1.54, 1.807) is 12.1 Å². The number of nitrogens with two attached hydrogens (primary N) is 1. The largest absolute Gasteiger partial charge is 0.478 e. The fourth-order valence-corrected chi connectivity index (χ4v) is 1.58. The SMILES string of the molecule is CCc1c(C(=O)O)ccc(C#CC(C)C)c1N. The fourth-order valence-electron chi connectivity index (χ4n) is 1.58. The molecule has 0 aliphatic carbocycles. The van der Waals surface area contributed by atoms with Gasteiger partial charge in [0.1, 0.15) is 0 Å². The van der Waals surface area contributed by atoms with E-state index in [-0.39, 0.29) is 11.5 Å². The molecule has 0 amide bonds. The number of hydrogen-bond donors (Lipinski definition) is 2. The topological polar surface area (TPSA) is 63.3 Å². The molecule has 0 aliphatic heterocycles. The molecule has 1 aromatic carbocycles. The van der Waals surface area contributed by atoms with Crippen molar-refractivity contribution in [3.63, 3.8) is 0 Å². The number of rotatable bonds is 2. The van der Waals surface area contributed by atoms with Crippen molar-refractivity contribution in [2.45, 2.75) is 27.2 Å². The van der Waals surface area contributed by atoms with Crippen LogP contribution in [-0.4, -0.2) is 11.1 Å². The molecule has 3 heteroatoms. The maximum absolute atomic E-state index is 11.0. The molecule has 1 aromatic rings. The Balaban J connectivity index is 3.31. The summed E-state index contributed by atoms with van der Waals surface area (Å²) in [4.78, 5) is 11.0. The lowest BCUT2D eigenvalue weighted by Crippen LogP contribution is -2.06. The summed E-state index contributed by atoms with van der Waals surface area (Å²) in [6, 6.07) is 3.25. The van der Waals surface area contributed by atoms with Crippen molar-refractivity contribution in [2.24, 2.45) is 5.92 Å². The first-order chi connectivity index (χ1) is 7.97. The zero-order valence-corrected chi connectivity index (χ0v) is 10.4. The molecule has 90 valence electrons. The molecule has 1 rings (SSSR count). The number of carbonyl (C=O) groups is 1. The highest BCUT2D eigenvalue weighted by atomic mass is 16.4. The average Bonchev–Trinajstić information content (AvgIpc) is 2.26. The summed E-state index contributed by atoms with van der Waals surface area (Å²) in [7, 11) is 0. The Bertz CT molecular complexity index is 493. The highest BCUT2D eigenvalue weighted by Crippen LogP contribution is 2.22. The summed E-state index contributed by atoms with van der Waals surface area (Å²) in [6.07, 6.45) is 0.588. The second-order valence-corrected chi connectivity index (χ2v) is 4.14. The summed E-state index contributed by atoms with van der Waals surface area (Å²) in [5.41, 5.74) is 8.07. The Kier molecular flexibility index (Phi) is 4.17. The van der Waals surface area contributed by atoms with E-state index in [9.17, 15) is 4.79 Å². The fraction of sp³-hybridized carbons (Fsp3) is 0.357. The van der Waals surface area contributed by atoms with Crippen molar-refractivity contribution in [3.8, 4) is 11.8 Å². The van der Waals surface area contributed by atoms with Crippen molar-refractivity contribution in [1.82, 2.24) is 0 Å². The van der Waals surface area contributed by atoms with Crippen LogP contribution in [0.4, 0.5) is 5.69 Å². The number of benzene rings is 1. The standard InChI is InChI=1S/C14H17NO2/c1-4-11-12(14(16)17)8-7-10(13(11)15)6-5-9(2)3/h7-9H,4,15H2,1-3H3,(H,16,17). The lowest BCUT2D eigenvalue weighted by Gasteiger charge is -2.09. The zero-order valence-electron chi connectivity index (χ0n) is 10.4. The first-order valence-corrected chi connectivity index (χ1v) is 5.63. The van der Waals surface area contributed by atoms with Crippen LogP contribution < -0.4 is 5.73 Å². The summed E-state index contributed by atoms with van der Waals surface area (Å²) < 4.78 is 0. The van der Waals surface area contributed by atoms with Crippen LogP contribution in [0.1, 0.15) is 42.3 Å². The Morgan fingerprint density at radius 3 is 2.59 bits per heavy atom. The van der Waals surface area contributed by atoms with Crippen LogP contribution in [0.5, 0.6) is 0 Å². The lowest BCUT2D eigenvalue weighted by molar-refractivity contribution is 0.0696. The van der Waals surface area contributed by atoms with Crippen molar-refractivity contribution in [2.75, 3.05) is 5.73 Å². The number of carboxylic acids is 1. The van der Waals surface area contributed by atoms with E-state index in [0.29, 0.717) is 23.2 Å². The van der Waals surface area contributed by atoms with Crippen LogP contribution in [0.25, 0.3) is 0 Å². The summed E-state index contributed by atoms with van der Waals surface area (Å²) in [5.74, 6) is 5.33. The van der Waals surface area contributed by atoms with Crippen LogP contribution in [0.3, 0.4) is 0 Å². The van der Waals surface area contributed by atoms with E-state index in [1.165, 1.54) is 0 Å². The molecule has 0 atom stereocenters. The molecule has 17 heavy (non-hydrogen) atoms. The van der Waals surface area contributed by atoms with Crippen molar-refractivity contribution in [1.29, 1.82) is 0 Å². The van der Waals surface area contributed by atoms with E-state index in [1.807, 2.05) is 20.8 Å². The molecule has 0 fully saturated rings. The van der Waals surface area contributed by atoms with Gasteiger partial charge in [-0.1, -0.05) is 32.6 Å². The van der Waals surface area contributed by atoms with E-state index in [0.717, 1.165) is 0 Å². The van der Waals surface area contributed by atoms with Gasteiger partial charge in [0.25, 0.3) is 0 Å². The minimum Gasteiger partial charge on any atom is -0.478 e. The van der Waals surface area contributed by atoms with Gasteiger partial charge in [0, 0.05) is 11.5 Å². The van der Waals surface area contributed by atoms with Gasteiger partial charge in [-0.25, -0.2) is 4.79 Å². The third kappa shape index (κ3) is 3.01. The predicted octanol–water partition coefficient (Wildman–Crippen LogP) is 2.54. The normalized spacial score (nSPS) is 9.88. The highest BCUT2D eigenvalue weighted by Gasteiger charge is 2.13. The van der Waals surface area contributed by atoms with Gasteiger partial charge in [-0.15, -0.1) is 0 Å². The number of carboxylic acid groups (broad SMARTS) is 1. The van der Waals surface area contributed by atoms with Gasteiger partial charge in [-0.3, -0.25) is 0 Å². The lowest BCUT2D eigenvalue weighted by atomic mass is 9.99. The molecule has 3 nitrogen and oxygen atoms in total. The van der Waals surface area contributed by atoms with Gasteiger partial charge >= 0.3 is 5.97 Å². The first-order valence-electron chi connectivity index (χ1n) is 5.63. The molecular formula is C14H17NO2. The molecule has 3 N–H and O–H groups in total. The molecule has 0 unspecified atom stereocenters. The smallest absolute Gasteiger partial charge is 0.336 e. The maximum atomic E-state index is 11.0. The molecular weight excluding hydrogens is 214 g/mol. The third-order valence-corrected chi connectivity index (χ3v) is 2.44. The Hall–Kier alpha value is -1.95. The molecule has 0 aliphatic rings. The monoisotopic (exact) mass is 231 g/mol. The van der Waals surface area contributed by atoms with Crippen LogP contribution in [0.15, 0.2) is 12.1 Å². The van der Waals surface area contributed by atoms with Gasteiger partial charge in [-0.2, -0.15) is 0 Å². The Morgan fingerprint density at radius 1 is 1.47 bits per heavy atom. The van der Waals surface area contributed by atoms with Gasteiger partial charge in [-0.05, 0) is 24.1 Å². The van der Waals surface area contributed by atoms with Gasteiger partial charge in [0.2, 0.25) is 0 Å². The molecule has 0 aromatic heterocycles. The minimum atomic E-state index is -0.947. The number of anilines is 1. The van der Waals surface area contributed by atoms with Crippen LogP contribution in [0.2, 0.25) is 0 Å². The maximum Gasteiger partial charge on any atom is 0.336 e. The third-order valence-electron chi connectivity index (χ3n) is 2.44. The van der Waals surface area contributed by atoms with Crippen molar-refractivity contribution >= 4 is 11.7 Å². The molecule has 0 bridgehead atoms. The molecule has 0 saturated carbocycles. The molecule has 0 spiro atoms. The second kappa shape index (κ2) is 5.40. The van der Waals surface area contributed by atoms with E-state index >= 15 is 0 Å². The number of hydrogen-bond acceptors (Lipinski definition) is 2. The van der Waals surface area contributed by atoms with Crippen LogP contribution >= 0.6 is 0 Å². The molecule has 0 radical (unpaired) electrons. The van der Waals surface area contributed by atoms with Crippen molar-refractivity contribution < 1.29 is 9.90 Å². The van der Waals surface area contributed by atoms with Crippen LogP contribution in [0, 0.1) is 17.8 Å². The van der Waals surface area contributed by atoms with Crippen LogP contribution in [-0.2, 0) is 6.42 Å². The van der Waals surface area contributed by atoms with E-state index < -0.39 is 5.97 Å². The predicted molar refractivity (Wildman–Crippen MR) is 68.9 cm³/mol. The number of nitrogen functional groups attached to an aromatic ring is 1. The molecule has 0 saturated heterocycles. The van der Waals surface area contributed by atoms with Gasteiger partial charge in [0.05, 0.1) is 11.3 Å². The average molecular weight is 231 g/mol. The number of aromatic carboxylic acids is 1. The summed E-state index contributed by atoms with van der Waals surface area (Å²) in [6.45, 7) is 5.88. The Morgan fingerprint density at radius 2 is 2.12 bits per heavy atom. The summed E-state index contributed by atoms with van der Waals surface area (Å²) in [5, 5.41) is 9.04. The van der Waals surface area contributed by atoms with Gasteiger partial charge < -0.3 is 10.8 Å². The van der Waals surface area contributed by atoms with E-state index in [4.69, 9.17) is 10.8 Å². The van der Waals surface area contributed by atoms with Gasteiger partial charge in [0.15, 0.2) is 0 Å². The second-order valence-electron chi connectivity index (χ2n) is 4.14.